The van der Waals surface area contributed by atoms with Crippen LogP contribution in [0.15, 0.2) is 0 Å². The molecule has 1 heterocycles. The molecule has 0 aliphatic carbocycles. The van der Waals surface area contributed by atoms with Crippen molar-refractivity contribution < 1.29 is 5.11 Å². The summed E-state index contributed by atoms with van der Waals surface area (Å²) < 4.78 is 0. The van der Waals surface area contributed by atoms with Gasteiger partial charge in [0.2, 0.25) is 0 Å². The second kappa shape index (κ2) is 3.35. The van der Waals surface area contributed by atoms with Crippen LogP contribution in [0.1, 0.15) is 26.7 Å². The van der Waals surface area contributed by atoms with Gasteiger partial charge < -0.3 is 10.4 Å². The molecule has 0 spiro atoms. The molecule has 3 atom stereocenters. The molecule has 2 N–H and O–H groups in total. The lowest BCUT2D eigenvalue weighted by atomic mass is 9.94. The summed E-state index contributed by atoms with van der Waals surface area (Å²) in [5.74, 6) is 0.787. The van der Waals surface area contributed by atoms with Crippen LogP contribution in [0.4, 0.5) is 0 Å². The number of nitrogens with one attached hydrogen (secondary N) is 1. The number of aliphatic hydroxyl groups is 1. The monoisotopic (exact) mass is 143 g/mol. The minimum Gasteiger partial charge on any atom is -0.392 e. The molecule has 1 saturated heterocycles. The number of piperidine rings is 1. The summed E-state index contributed by atoms with van der Waals surface area (Å²) >= 11 is 0. The van der Waals surface area contributed by atoms with E-state index in [1.54, 1.807) is 0 Å². The number of rotatable bonds is 1. The van der Waals surface area contributed by atoms with Gasteiger partial charge in [-0.2, -0.15) is 0 Å². The molecule has 0 aromatic rings. The first-order chi connectivity index (χ1) is 4.70. The molecular weight excluding hydrogens is 126 g/mol. The van der Waals surface area contributed by atoms with Gasteiger partial charge in [-0.25, -0.2) is 0 Å². The minimum atomic E-state index is -0.188. The summed E-state index contributed by atoms with van der Waals surface area (Å²) in [7, 11) is 0. The highest BCUT2D eigenvalue weighted by Crippen LogP contribution is 2.14. The summed E-state index contributed by atoms with van der Waals surface area (Å²) in [6.07, 6.45) is 2.19. The lowest BCUT2D eigenvalue weighted by molar-refractivity contribution is 0.120. The van der Waals surface area contributed by atoms with E-state index >= 15 is 0 Å². The third-order valence-electron chi connectivity index (χ3n) is 2.28. The Kier molecular flexibility index (Phi) is 2.69. The molecule has 60 valence electrons. The van der Waals surface area contributed by atoms with Gasteiger partial charge in [0.1, 0.15) is 0 Å². The molecule has 2 nitrogen and oxygen atoms in total. The molecule has 1 rings (SSSR count). The fourth-order valence-electron chi connectivity index (χ4n) is 1.43. The lowest BCUT2D eigenvalue weighted by Gasteiger charge is -2.29. The first-order valence-corrected chi connectivity index (χ1v) is 4.11. The quantitative estimate of drug-likeness (QED) is 0.568. The Hall–Kier alpha value is -0.0800. The number of hydrogen-bond acceptors (Lipinski definition) is 2. The van der Waals surface area contributed by atoms with Crippen molar-refractivity contribution in [2.75, 3.05) is 6.54 Å². The Morgan fingerprint density at radius 1 is 1.50 bits per heavy atom. The van der Waals surface area contributed by atoms with Crippen molar-refractivity contribution in [2.24, 2.45) is 5.92 Å². The Balaban J connectivity index is 2.26. The highest BCUT2D eigenvalue weighted by molar-refractivity contribution is 4.79. The van der Waals surface area contributed by atoms with Crippen molar-refractivity contribution >= 4 is 0 Å². The Morgan fingerprint density at radius 2 is 2.20 bits per heavy atom. The van der Waals surface area contributed by atoms with Gasteiger partial charge in [-0.3, -0.25) is 0 Å². The van der Waals surface area contributed by atoms with E-state index in [1.165, 1.54) is 6.42 Å². The fourth-order valence-corrected chi connectivity index (χ4v) is 1.43. The van der Waals surface area contributed by atoms with Gasteiger partial charge in [-0.05, 0) is 32.2 Å². The van der Waals surface area contributed by atoms with Crippen LogP contribution in [-0.2, 0) is 0 Å². The summed E-state index contributed by atoms with van der Waals surface area (Å²) in [6, 6.07) is 0.344. The summed E-state index contributed by atoms with van der Waals surface area (Å²) in [4.78, 5) is 0. The second-order valence-corrected chi connectivity index (χ2v) is 3.44. The summed E-state index contributed by atoms with van der Waals surface area (Å²) in [6.45, 7) is 5.16. The van der Waals surface area contributed by atoms with Gasteiger partial charge in [-0.1, -0.05) is 6.92 Å². The third-order valence-corrected chi connectivity index (χ3v) is 2.28. The average molecular weight is 143 g/mol. The zero-order valence-corrected chi connectivity index (χ0v) is 6.80. The van der Waals surface area contributed by atoms with E-state index in [-0.39, 0.29) is 6.10 Å². The van der Waals surface area contributed by atoms with Gasteiger partial charge >= 0.3 is 0 Å². The Morgan fingerprint density at radius 3 is 2.60 bits per heavy atom. The SMILES string of the molecule is CC1CCC(C(C)O)NC1. The first-order valence-electron chi connectivity index (χ1n) is 4.11. The number of aliphatic hydroxyl groups excluding tert-OH is 1. The first kappa shape index (κ1) is 8.02. The van der Waals surface area contributed by atoms with Crippen LogP contribution in [0, 0.1) is 5.92 Å². The molecule has 1 aliphatic rings. The van der Waals surface area contributed by atoms with Gasteiger partial charge in [0.05, 0.1) is 6.10 Å². The molecule has 10 heavy (non-hydrogen) atoms. The van der Waals surface area contributed by atoms with Crippen molar-refractivity contribution in [3.05, 3.63) is 0 Å². The lowest BCUT2D eigenvalue weighted by Crippen LogP contribution is -2.44. The van der Waals surface area contributed by atoms with E-state index in [4.69, 9.17) is 0 Å². The van der Waals surface area contributed by atoms with Crippen LogP contribution in [0.5, 0.6) is 0 Å². The van der Waals surface area contributed by atoms with Gasteiger partial charge in [0, 0.05) is 6.04 Å². The molecule has 0 saturated carbocycles. The van der Waals surface area contributed by atoms with Gasteiger partial charge in [0.15, 0.2) is 0 Å². The molecular formula is C8H17NO. The minimum absolute atomic E-state index is 0.188. The largest absolute Gasteiger partial charge is 0.392 e. The van der Waals surface area contributed by atoms with Crippen molar-refractivity contribution in [1.29, 1.82) is 0 Å². The Labute approximate surface area is 62.6 Å². The standard InChI is InChI=1S/C8H17NO/c1-6-3-4-8(7(2)10)9-5-6/h6-10H,3-5H2,1-2H3. The van der Waals surface area contributed by atoms with Crippen molar-refractivity contribution in [1.82, 2.24) is 5.32 Å². The maximum Gasteiger partial charge on any atom is 0.0665 e. The molecule has 0 aromatic heterocycles. The maximum atomic E-state index is 9.20. The molecule has 1 fully saturated rings. The highest BCUT2D eigenvalue weighted by atomic mass is 16.3. The van der Waals surface area contributed by atoms with E-state index in [0.717, 1.165) is 18.9 Å². The van der Waals surface area contributed by atoms with Crippen LogP contribution in [0.25, 0.3) is 0 Å². The fraction of sp³-hybridized carbons (Fsp3) is 1.00. The highest BCUT2D eigenvalue weighted by Gasteiger charge is 2.20. The smallest absolute Gasteiger partial charge is 0.0665 e. The van der Waals surface area contributed by atoms with E-state index in [0.29, 0.717) is 6.04 Å². The maximum absolute atomic E-state index is 9.20. The number of hydrogen-bond donors (Lipinski definition) is 2. The van der Waals surface area contributed by atoms with Crippen LogP contribution >= 0.6 is 0 Å². The van der Waals surface area contributed by atoms with E-state index in [2.05, 4.69) is 12.2 Å². The molecule has 0 radical (unpaired) electrons. The van der Waals surface area contributed by atoms with Crippen molar-refractivity contribution in [3.63, 3.8) is 0 Å². The van der Waals surface area contributed by atoms with Crippen molar-refractivity contribution in [2.45, 2.75) is 38.8 Å². The summed E-state index contributed by atoms with van der Waals surface area (Å²) in [5.41, 5.74) is 0. The summed E-state index contributed by atoms with van der Waals surface area (Å²) in [5, 5.41) is 12.5. The average Bonchev–Trinajstić information content (AvgIpc) is 1.88. The van der Waals surface area contributed by atoms with E-state index < -0.39 is 0 Å². The van der Waals surface area contributed by atoms with Crippen LogP contribution in [0.3, 0.4) is 0 Å². The third kappa shape index (κ3) is 1.96. The van der Waals surface area contributed by atoms with E-state index in [1.807, 2.05) is 6.92 Å². The van der Waals surface area contributed by atoms with Gasteiger partial charge in [0.25, 0.3) is 0 Å². The van der Waals surface area contributed by atoms with Crippen LogP contribution in [-0.4, -0.2) is 23.8 Å². The van der Waals surface area contributed by atoms with Crippen molar-refractivity contribution in [3.8, 4) is 0 Å². The van der Waals surface area contributed by atoms with Crippen LogP contribution < -0.4 is 5.32 Å². The molecule has 2 heteroatoms. The zero-order chi connectivity index (χ0) is 7.56. The normalized spacial score (nSPS) is 37.5. The molecule has 0 aromatic carbocycles. The molecule has 3 unspecified atom stereocenters. The molecule has 0 amide bonds. The van der Waals surface area contributed by atoms with E-state index in [9.17, 15) is 5.11 Å². The molecule has 1 aliphatic heterocycles. The van der Waals surface area contributed by atoms with Gasteiger partial charge in [-0.15, -0.1) is 0 Å². The predicted octanol–water partition coefficient (Wildman–Crippen LogP) is 0.755. The predicted molar refractivity (Wildman–Crippen MR) is 41.9 cm³/mol. The molecule has 0 bridgehead atoms. The zero-order valence-electron chi connectivity index (χ0n) is 6.80. The van der Waals surface area contributed by atoms with Crippen LogP contribution in [0.2, 0.25) is 0 Å². The topological polar surface area (TPSA) is 32.3 Å². The Bertz CT molecular complexity index is 95.4. The second-order valence-electron chi connectivity index (χ2n) is 3.44.